The lowest BCUT2D eigenvalue weighted by Gasteiger charge is -2.27. The highest BCUT2D eigenvalue weighted by Gasteiger charge is 2.44. The molecule has 0 aliphatic rings. The van der Waals surface area contributed by atoms with Gasteiger partial charge in [-0.1, -0.05) is 30.3 Å². The topological polar surface area (TPSA) is 58.6 Å². The standard InChI is InChI=1S/C16H22F3NO3/c1-15(2,3)23-14(22)20-12(13(21)16(17,18)19)10-9-11-7-5-4-6-8-11/h4-8,12-13,21H,9-10H2,1-3H3,(H,20,22)/t12-,13+/m0/s1. The van der Waals surface area contributed by atoms with Crippen molar-refractivity contribution in [3.05, 3.63) is 35.9 Å². The largest absolute Gasteiger partial charge is 0.444 e. The van der Waals surface area contributed by atoms with Crippen LogP contribution in [-0.4, -0.2) is 35.1 Å². The van der Waals surface area contributed by atoms with Crippen molar-refractivity contribution in [2.24, 2.45) is 0 Å². The highest BCUT2D eigenvalue weighted by Crippen LogP contribution is 2.24. The minimum Gasteiger partial charge on any atom is -0.444 e. The maximum atomic E-state index is 12.8. The van der Waals surface area contributed by atoms with E-state index in [4.69, 9.17) is 4.74 Å². The van der Waals surface area contributed by atoms with Gasteiger partial charge in [-0.05, 0) is 39.2 Å². The molecule has 4 nitrogen and oxygen atoms in total. The molecule has 1 rings (SSSR count). The molecule has 1 amide bonds. The van der Waals surface area contributed by atoms with Gasteiger partial charge in [-0.25, -0.2) is 4.79 Å². The highest BCUT2D eigenvalue weighted by molar-refractivity contribution is 5.68. The van der Waals surface area contributed by atoms with Crippen molar-refractivity contribution in [3.63, 3.8) is 0 Å². The third-order valence-electron chi connectivity index (χ3n) is 3.01. The normalized spacial score (nSPS) is 14.9. The summed E-state index contributed by atoms with van der Waals surface area (Å²) in [7, 11) is 0. The van der Waals surface area contributed by atoms with Crippen molar-refractivity contribution in [1.29, 1.82) is 0 Å². The number of aliphatic hydroxyl groups is 1. The minimum absolute atomic E-state index is 0.0655. The van der Waals surface area contributed by atoms with Crippen molar-refractivity contribution >= 4 is 6.09 Å². The number of alkyl carbamates (subject to hydrolysis) is 1. The summed E-state index contributed by atoms with van der Waals surface area (Å²) in [5.41, 5.74) is -0.0186. The van der Waals surface area contributed by atoms with Crippen LogP contribution in [0.15, 0.2) is 30.3 Å². The number of halogens is 3. The van der Waals surface area contributed by atoms with Crippen LogP contribution in [0.2, 0.25) is 0 Å². The Morgan fingerprint density at radius 3 is 2.26 bits per heavy atom. The Bertz CT molecular complexity index is 498. The van der Waals surface area contributed by atoms with E-state index in [1.165, 1.54) is 0 Å². The van der Waals surface area contributed by atoms with Crippen LogP contribution in [0.5, 0.6) is 0 Å². The van der Waals surface area contributed by atoms with E-state index >= 15 is 0 Å². The van der Waals surface area contributed by atoms with E-state index in [0.717, 1.165) is 5.56 Å². The second-order valence-corrected chi connectivity index (χ2v) is 6.26. The van der Waals surface area contributed by atoms with Crippen LogP contribution in [0, 0.1) is 0 Å². The molecule has 7 heteroatoms. The lowest BCUT2D eigenvalue weighted by molar-refractivity contribution is -0.212. The summed E-state index contributed by atoms with van der Waals surface area (Å²) in [5.74, 6) is 0. The van der Waals surface area contributed by atoms with Crippen LogP contribution in [0.1, 0.15) is 32.8 Å². The molecule has 0 aliphatic carbocycles. The summed E-state index contributed by atoms with van der Waals surface area (Å²) in [6, 6.07) is 7.39. The van der Waals surface area contributed by atoms with Crippen molar-refractivity contribution in [3.8, 4) is 0 Å². The van der Waals surface area contributed by atoms with Gasteiger partial charge in [-0.15, -0.1) is 0 Å². The van der Waals surface area contributed by atoms with Gasteiger partial charge in [0.1, 0.15) is 5.60 Å². The molecule has 130 valence electrons. The van der Waals surface area contributed by atoms with Crippen molar-refractivity contribution in [2.45, 2.75) is 57.5 Å². The van der Waals surface area contributed by atoms with E-state index < -0.39 is 30.0 Å². The number of nitrogens with one attached hydrogen (secondary N) is 1. The van der Waals surface area contributed by atoms with Crippen LogP contribution in [0.25, 0.3) is 0 Å². The van der Waals surface area contributed by atoms with Gasteiger partial charge >= 0.3 is 12.3 Å². The molecule has 0 saturated heterocycles. The molecule has 0 bridgehead atoms. The average Bonchev–Trinajstić information content (AvgIpc) is 2.40. The fourth-order valence-electron chi connectivity index (χ4n) is 1.96. The predicted molar refractivity (Wildman–Crippen MR) is 80.0 cm³/mol. The van der Waals surface area contributed by atoms with E-state index in [9.17, 15) is 23.1 Å². The quantitative estimate of drug-likeness (QED) is 0.868. The smallest absolute Gasteiger partial charge is 0.416 e. The summed E-state index contributed by atoms with van der Waals surface area (Å²) >= 11 is 0. The molecule has 0 aromatic heterocycles. The van der Waals surface area contributed by atoms with Crippen LogP contribution >= 0.6 is 0 Å². The molecule has 0 saturated carbocycles. The Hall–Kier alpha value is -1.76. The van der Waals surface area contributed by atoms with Gasteiger partial charge in [0.05, 0.1) is 6.04 Å². The first-order valence-corrected chi connectivity index (χ1v) is 7.27. The molecular formula is C16H22F3NO3. The van der Waals surface area contributed by atoms with E-state index in [1.54, 1.807) is 51.1 Å². The van der Waals surface area contributed by atoms with Gasteiger partial charge in [0.15, 0.2) is 6.10 Å². The number of ether oxygens (including phenoxy) is 1. The summed E-state index contributed by atoms with van der Waals surface area (Å²) in [6.45, 7) is 4.81. The molecule has 2 N–H and O–H groups in total. The highest BCUT2D eigenvalue weighted by atomic mass is 19.4. The number of rotatable bonds is 5. The first kappa shape index (κ1) is 19.3. The van der Waals surface area contributed by atoms with Crippen molar-refractivity contribution < 1.29 is 27.8 Å². The first-order valence-electron chi connectivity index (χ1n) is 7.27. The number of hydrogen-bond donors (Lipinski definition) is 2. The van der Waals surface area contributed by atoms with E-state index in [0.29, 0.717) is 0 Å². The first-order chi connectivity index (χ1) is 10.5. The minimum atomic E-state index is -4.82. The zero-order chi connectivity index (χ0) is 17.7. The number of carbonyl (C=O) groups is 1. The Balaban J connectivity index is 2.75. The second kappa shape index (κ2) is 7.68. The van der Waals surface area contributed by atoms with Gasteiger partial charge in [-0.3, -0.25) is 0 Å². The summed E-state index contributed by atoms with van der Waals surface area (Å²) in [4.78, 5) is 11.7. The number of amides is 1. The third kappa shape index (κ3) is 7.36. The SMILES string of the molecule is CC(C)(C)OC(=O)N[C@@H](CCc1ccccc1)[C@@H](O)C(F)(F)F. The Kier molecular flexibility index (Phi) is 6.44. The number of carbonyl (C=O) groups excluding carboxylic acids is 1. The molecule has 2 atom stereocenters. The Morgan fingerprint density at radius 1 is 1.22 bits per heavy atom. The summed E-state index contributed by atoms with van der Waals surface area (Å²) < 4.78 is 43.3. The lowest BCUT2D eigenvalue weighted by Crippen LogP contribution is -2.51. The lowest BCUT2D eigenvalue weighted by atomic mass is 10.0. The third-order valence-corrected chi connectivity index (χ3v) is 3.01. The zero-order valence-electron chi connectivity index (χ0n) is 13.4. The van der Waals surface area contributed by atoms with Crippen LogP contribution in [-0.2, 0) is 11.2 Å². The zero-order valence-corrected chi connectivity index (χ0v) is 13.4. The number of aliphatic hydroxyl groups excluding tert-OH is 1. The molecule has 0 spiro atoms. The monoisotopic (exact) mass is 333 g/mol. The average molecular weight is 333 g/mol. The molecule has 0 fully saturated rings. The molecule has 0 radical (unpaired) electrons. The molecule has 0 unspecified atom stereocenters. The second-order valence-electron chi connectivity index (χ2n) is 6.26. The molecular weight excluding hydrogens is 311 g/mol. The van der Waals surface area contributed by atoms with Crippen molar-refractivity contribution in [1.82, 2.24) is 5.32 Å². The number of hydrogen-bond acceptors (Lipinski definition) is 3. The van der Waals surface area contributed by atoms with E-state index in [1.807, 2.05) is 0 Å². The van der Waals surface area contributed by atoms with Crippen LogP contribution in [0.3, 0.4) is 0 Å². The Morgan fingerprint density at radius 2 is 1.78 bits per heavy atom. The van der Waals surface area contributed by atoms with Gasteiger partial charge in [-0.2, -0.15) is 13.2 Å². The molecule has 1 aromatic rings. The van der Waals surface area contributed by atoms with E-state index in [2.05, 4.69) is 5.32 Å². The fourth-order valence-corrected chi connectivity index (χ4v) is 1.96. The van der Waals surface area contributed by atoms with Gasteiger partial charge in [0.2, 0.25) is 0 Å². The molecule has 23 heavy (non-hydrogen) atoms. The maximum Gasteiger partial charge on any atom is 0.416 e. The molecule has 0 aliphatic heterocycles. The molecule has 0 heterocycles. The summed E-state index contributed by atoms with van der Waals surface area (Å²) in [5, 5.41) is 11.6. The van der Waals surface area contributed by atoms with Gasteiger partial charge in [0, 0.05) is 0 Å². The van der Waals surface area contributed by atoms with Crippen molar-refractivity contribution in [2.75, 3.05) is 0 Å². The van der Waals surface area contributed by atoms with Gasteiger partial charge in [0.25, 0.3) is 0 Å². The molecule has 1 aromatic carbocycles. The van der Waals surface area contributed by atoms with Crippen LogP contribution < -0.4 is 5.32 Å². The van der Waals surface area contributed by atoms with Crippen LogP contribution in [0.4, 0.5) is 18.0 Å². The van der Waals surface area contributed by atoms with Gasteiger partial charge < -0.3 is 15.2 Å². The fraction of sp³-hybridized carbons (Fsp3) is 0.562. The number of alkyl halides is 3. The summed E-state index contributed by atoms with van der Waals surface area (Å²) in [6.07, 6.45) is -8.24. The van der Waals surface area contributed by atoms with E-state index in [-0.39, 0.29) is 12.8 Å². The Labute approximate surface area is 133 Å². The number of aryl methyl sites for hydroxylation is 1. The predicted octanol–water partition coefficient (Wildman–Crippen LogP) is 3.44. The number of benzene rings is 1. The maximum absolute atomic E-state index is 12.8.